The maximum Gasteiger partial charge on any atom is 0.0384 e. The van der Waals surface area contributed by atoms with Crippen LogP contribution in [0.15, 0.2) is 127 Å². The van der Waals surface area contributed by atoms with Crippen LogP contribution in [0.4, 0.5) is 5.69 Å². The smallest absolute Gasteiger partial charge is 0.0384 e. The highest BCUT2D eigenvalue weighted by Gasteiger charge is 2.34. The van der Waals surface area contributed by atoms with Crippen molar-refractivity contribution in [3.8, 4) is 11.1 Å². The zero-order valence-electron chi connectivity index (χ0n) is 22.4. The molecule has 0 spiro atoms. The molecule has 4 rings (SSSR count). The molecule has 0 bridgehead atoms. The number of rotatable bonds is 7. The van der Waals surface area contributed by atoms with Crippen molar-refractivity contribution in [2.75, 3.05) is 5.32 Å². The second kappa shape index (κ2) is 10.6. The summed E-state index contributed by atoms with van der Waals surface area (Å²) in [4.78, 5) is 0. The summed E-state index contributed by atoms with van der Waals surface area (Å²) in [7, 11) is 0. The maximum atomic E-state index is 4.55. The first-order valence-electron chi connectivity index (χ1n) is 13.0. The molecule has 184 valence electrons. The van der Waals surface area contributed by atoms with Crippen LogP contribution < -0.4 is 5.32 Å². The lowest BCUT2D eigenvalue weighted by molar-refractivity contribution is 0.421. The maximum absolute atomic E-state index is 4.55. The largest absolute Gasteiger partial charge is 0.356 e. The molecule has 0 amide bonds. The molecule has 0 heterocycles. The normalized spacial score (nSPS) is 21.3. The standard InChI is InChI=1S/C35H39N/c1-7-11-31(8-2)36-32-19-17-29(18-20-32)27-13-15-28(16-14-27)30-21-24-35(6,25-22-30)26(3)33-12-9-10-23-34(33,4)5/h7-22,24,36H,3,23,25H2,1-2,4-6H3/b11-7-,31-8+. The molecule has 1 heteroatoms. The molecule has 2 aromatic rings. The number of benzene rings is 2. The van der Waals surface area contributed by atoms with Crippen LogP contribution in [0.2, 0.25) is 0 Å². The van der Waals surface area contributed by atoms with E-state index in [1.807, 2.05) is 19.9 Å². The molecular weight excluding hydrogens is 434 g/mol. The predicted molar refractivity (Wildman–Crippen MR) is 159 cm³/mol. The van der Waals surface area contributed by atoms with Crippen molar-refractivity contribution >= 4 is 11.3 Å². The van der Waals surface area contributed by atoms with Crippen molar-refractivity contribution < 1.29 is 0 Å². The van der Waals surface area contributed by atoms with Gasteiger partial charge in [0.05, 0.1) is 0 Å². The van der Waals surface area contributed by atoms with Gasteiger partial charge in [0.25, 0.3) is 0 Å². The molecule has 0 saturated heterocycles. The van der Waals surface area contributed by atoms with Gasteiger partial charge in [-0.2, -0.15) is 0 Å². The van der Waals surface area contributed by atoms with Gasteiger partial charge in [0.15, 0.2) is 0 Å². The zero-order chi connectivity index (χ0) is 25.8. The van der Waals surface area contributed by atoms with E-state index in [-0.39, 0.29) is 10.8 Å². The van der Waals surface area contributed by atoms with Crippen molar-refractivity contribution in [1.29, 1.82) is 0 Å². The minimum atomic E-state index is -0.0484. The first-order valence-corrected chi connectivity index (χ1v) is 13.0. The second-order valence-corrected chi connectivity index (χ2v) is 10.7. The van der Waals surface area contributed by atoms with Gasteiger partial charge in [-0.25, -0.2) is 0 Å². The molecule has 36 heavy (non-hydrogen) atoms. The van der Waals surface area contributed by atoms with E-state index in [4.69, 9.17) is 0 Å². The molecule has 2 aliphatic rings. The van der Waals surface area contributed by atoms with Gasteiger partial charge < -0.3 is 5.32 Å². The Labute approximate surface area is 218 Å². The molecule has 1 nitrogen and oxygen atoms in total. The fraction of sp³-hybridized carbons (Fsp3) is 0.257. The quantitative estimate of drug-likeness (QED) is 0.394. The summed E-state index contributed by atoms with van der Waals surface area (Å²) in [5.74, 6) is 0. The van der Waals surface area contributed by atoms with Crippen LogP contribution in [-0.2, 0) is 0 Å². The van der Waals surface area contributed by atoms with Crippen LogP contribution in [0.3, 0.4) is 0 Å². The van der Waals surface area contributed by atoms with Gasteiger partial charge in [0.2, 0.25) is 0 Å². The van der Waals surface area contributed by atoms with E-state index in [2.05, 4.69) is 130 Å². The SMILES string of the molecule is C=C(C1=CC=CCC1(C)C)C1(C)C=CC(c2ccc(-c3ccc(NC(/C=C\C)=C/C)cc3)cc2)=CC1. The van der Waals surface area contributed by atoms with Gasteiger partial charge in [-0.3, -0.25) is 0 Å². The average molecular weight is 474 g/mol. The summed E-state index contributed by atoms with van der Waals surface area (Å²) in [5, 5.41) is 3.45. The van der Waals surface area contributed by atoms with Gasteiger partial charge in [0.1, 0.15) is 0 Å². The molecule has 0 saturated carbocycles. The molecule has 0 aromatic heterocycles. The average Bonchev–Trinajstić information content (AvgIpc) is 2.89. The van der Waals surface area contributed by atoms with Gasteiger partial charge in [-0.05, 0) is 83.7 Å². The molecule has 2 aromatic carbocycles. The van der Waals surface area contributed by atoms with Crippen LogP contribution in [0.1, 0.15) is 53.0 Å². The van der Waals surface area contributed by atoms with E-state index in [1.54, 1.807) is 0 Å². The van der Waals surface area contributed by atoms with E-state index in [0.29, 0.717) is 0 Å². The Morgan fingerprint density at radius 2 is 1.53 bits per heavy atom. The van der Waals surface area contributed by atoms with E-state index in [0.717, 1.165) is 24.2 Å². The Bertz CT molecular complexity index is 1290. The van der Waals surface area contributed by atoms with Crippen LogP contribution in [0, 0.1) is 10.8 Å². The molecule has 0 aliphatic heterocycles. The third-order valence-corrected chi connectivity index (χ3v) is 7.53. The monoisotopic (exact) mass is 473 g/mol. The Hall–Kier alpha value is -3.58. The van der Waals surface area contributed by atoms with Crippen LogP contribution in [0.25, 0.3) is 16.7 Å². The Balaban J connectivity index is 1.45. The molecule has 0 radical (unpaired) electrons. The zero-order valence-corrected chi connectivity index (χ0v) is 22.4. The third kappa shape index (κ3) is 5.46. The van der Waals surface area contributed by atoms with Gasteiger partial charge in [0, 0.05) is 16.8 Å². The highest BCUT2D eigenvalue weighted by molar-refractivity contribution is 5.78. The van der Waals surface area contributed by atoms with Gasteiger partial charge >= 0.3 is 0 Å². The van der Waals surface area contributed by atoms with Crippen LogP contribution >= 0.6 is 0 Å². The van der Waals surface area contributed by atoms with Crippen molar-refractivity contribution in [3.63, 3.8) is 0 Å². The highest BCUT2D eigenvalue weighted by atomic mass is 14.9. The number of nitrogens with one attached hydrogen (secondary N) is 1. The first-order chi connectivity index (χ1) is 17.3. The van der Waals surface area contributed by atoms with Gasteiger partial charge in [-0.1, -0.05) is 112 Å². The van der Waals surface area contributed by atoms with E-state index in [9.17, 15) is 0 Å². The summed E-state index contributed by atoms with van der Waals surface area (Å²) in [6.45, 7) is 15.6. The van der Waals surface area contributed by atoms with Crippen molar-refractivity contribution in [2.45, 2.75) is 47.5 Å². The molecule has 1 atom stereocenters. The topological polar surface area (TPSA) is 12.0 Å². The minimum absolute atomic E-state index is 0.0484. The number of allylic oxidation sites excluding steroid dienone is 12. The summed E-state index contributed by atoms with van der Waals surface area (Å²) in [6, 6.07) is 17.5. The van der Waals surface area contributed by atoms with Crippen LogP contribution in [0.5, 0.6) is 0 Å². The van der Waals surface area contributed by atoms with Crippen LogP contribution in [-0.4, -0.2) is 0 Å². The third-order valence-electron chi connectivity index (χ3n) is 7.53. The Kier molecular flexibility index (Phi) is 7.50. The fourth-order valence-corrected chi connectivity index (χ4v) is 5.01. The lowest BCUT2D eigenvalue weighted by Crippen LogP contribution is -2.26. The van der Waals surface area contributed by atoms with E-state index >= 15 is 0 Å². The predicted octanol–water partition coefficient (Wildman–Crippen LogP) is 10.1. The molecule has 0 fully saturated rings. The second-order valence-electron chi connectivity index (χ2n) is 10.7. The van der Waals surface area contributed by atoms with Crippen molar-refractivity contribution in [2.24, 2.45) is 10.8 Å². The molecule has 2 aliphatic carbocycles. The molecular formula is C35H39N. The summed E-state index contributed by atoms with van der Waals surface area (Å²) < 4.78 is 0. The number of hydrogen-bond acceptors (Lipinski definition) is 1. The highest BCUT2D eigenvalue weighted by Crippen LogP contribution is 2.47. The minimum Gasteiger partial charge on any atom is -0.356 e. The Morgan fingerprint density at radius 3 is 2.08 bits per heavy atom. The number of anilines is 1. The van der Waals surface area contributed by atoms with Crippen molar-refractivity contribution in [3.05, 3.63) is 132 Å². The number of hydrogen-bond donors (Lipinski definition) is 1. The summed E-state index contributed by atoms with van der Waals surface area (Å²) >= 11 is 0. The Morgan fingerprint density at radius 1 is 0.889 bits per heavy atom. The first kappa shape index (κ1) is 25.5. The summed E-state index contributed by atoms with van der Waals surface area (Å²) in [5.41, 5.74) is 9.87. The van der Waals surface area contributed by atoms with E-state index < -0.39 is 0 Å². The summed E-state index contributed by atoms with van der Waals surface area (Å²) in [6.07, 6.45) is 21.9. The van der Waals surface area contributed by atoms with E-state index in [1.165, 1.54) is 33.4 Å². The molecule has 1 N–H and O–H groups in total. The lowest BCUT2D eigenvalue weighted by Gasteiger charge is -2.38. The fourth-order valence-electron chi connectivity index (χ4n) is 5.01. The molecule has 1 unspecified atom stereocenters. The van der Waals surface area contributed by atoms with Crippen molar-refractivity contribution in [1.82, 2.24) is 0 Å². The lowest BCUT2D eigenvalue weighted by atomic mass is 9.66. The van der Waals surface area contributed by atoms with Gasteiger partial charge in [-0.15, -0.1) is 0 Å².